The highest BCUT2D eigenvalue weighted by Gasteiger charge is 2.48. The molecule has 4 bridgehead atoms. The maximum Gasteiger partial charge on any atom is 0.115 e. The standard InChI is InChI=1S/C46H50N6O8/c1-5-13-33(14-6-1)25-55-43-39-23-51-37(21-47-49-51)29-53-31-41-45(57-27-35-17-9-3-10-18-35)46(58-28-36-19-11-4-12-20-36)42(60-41)32-54-30-38-22-48-50-52(38)24-40(59-39)44(43)56-26-34-15-7-2-8-16-34/h1-22,39-46H,23-32H2/t39-,40-,41-,42-,43-,44-,45-,46-/m0/s1. The lowest BCUT2D eigenvalue weighted by Gasteiger charge is -2.26. The van der Waals surface area contributed by atoms with Gasteiger partial charge in [0.05, 0.1) is 89.7 Å². The van der Waals surface area contributed by atoms with Crippen molar-refractivity contribution in [1.29, 1.82) is 0 Å². The molecule has 0 aliphatic carbocycles. The van der Waals surface area contributed by atoms with Crippen LogP contribution in [0.15, 0.2) is 134 Å². The topological polar surface area (TPSA) is 135 Å². The number of fused-ring (bicyclic) bond motifs is 6. The molecule has 6 aromatic rings. The molecule has 14 nitrogen and oxygen atoms in total. The molecule has 0 saturated carbocycles. The van der Waals surface area contributed by atoms with E-state index in [4.69, 9.17) is 37.9 Å². The number of rotatable bonds is 12. The van der Waals surface area contributed by atoms with Crippen molar-refractivity contribution in [2.24, 2.45) is 0 Å². The van der Waals surface area contributed by atoms with E-state index in [1.165, 1.54) is 0 Å². The summed E-state index contributed by atoms with van der Waals surface area (Å²) in [6.07, 6.45) is -0.152. The van der Waals surface area contributed by atoms with Crippen molar-refractivity contribution in [3.8, 4) is 0 Å². The summed E-state index contributed by atoms with van der Waals surface area (Å²) in [4.78, 5) is 0. The van der Waals surface area contributed by atoms with Crippen LogP contribution in [0.5, 0.6) is 0 Å². The van der Waals surface area contributed by atoms with Crippen molar-refractivity contribution < 1.29 is 37.9 Å². The Hall–Kier alpha value is -5.16. The Morgan fingerprint density at radius 2 is 0.750 bits per heavy atom. The second kappa shape index (κ2) is 19.9. The third-order valence-electron chi connectivity index (χ3n) is 11.1. The predicted octanol–water partition coefficient (Wildman–Crippen LogP) is 5.49. The molecule has 3 aliphatic rings. The molecule has 0 amide bonds. The lowest BCUT2D eigenvalue weighted by molar-refractivity contribution is -0.0918. The van der Waals surface area contributed by atoms with Gasteiger partial charge in [0.15, 0.2) is 0 Å². The van der Waals surface area contributed by atoms with Crippen LogP contribution in [0.1, 0.15) is 33.6 Å². The molecule has 4 aromatic carbocycles. The minimum atomic E-state index is -0.457. The number of hydrogen-bond donors (Lipinski definition) is 0. The summed E-state index contributed by atoms with van der Waals surface area (Å²) in [5, 5.41) is 17.5. The first kappa shape index (κ1) is 40.3. The molecule has 0 radical (unpaired) electrons. The summed E-state index contributed by atoms with van der Waals surface area (Å²) >= 11 is 0. The Morgan fingerprint density at radius 1 is 0.433 bits per heavy atom. The summed E-state index contributed by atoms with van der Waals surface area (Å²) in [5.41, 5.74) is 5.76. The second-order valence-corrected chi connectivity index (χ2v) is 15.3. The molecule has 0 spiro atoms. The molecule has 2 saturated heterocycles. The van der Waals surface area contributed by atoms with Gasteiger partial charge in [0.2, 0.25) is 0 Å². The Labute approximate surface area is 349 Å². The molecule has 3 aliphatic heterocycles. The first-order valence-corrected chi connectivity index (χ1v) is 20.6. The van der Waals surface area contributed by atoms with Gasteiger partial charge in [-0.3, -0.25) is 0 Å². The second-order valence-electron chi connectivity index (χ2n) is 15.3. The average Bonchev–Trinajstić information content (AvgIpc) is 4.08. The van der Waals surface area contributed by atoms with Crippen LogP contribution in [0.4, 0.5) is 0 Å². The SMILES string of the molecule is c1ccc(CO[C@@H]2[C@@H](OCc3ccccc3)[C@@H]3COCc4cnnn4C[C@@H]4O[C@@H](Cn5nncc5COC[C@@H]2O3)[C@H](OCc2ccccc2)[C@H]4OCc2ccccc2)cc1. The van der Waals surface area contributed by atoms with Gasteiger partial charge in [-0.15, -0.1) is 10.2 Å². The fraction of sp³-hybridized carbons (Fsp3) is 0.391. The molecule has 8 atom stereocenters. The van der Waals surface area contributed by atoms with Crippen LogP contribution in [0.2, 0.25) is 0 Å². The van der Waals surface area contributed by atoms with Crippen LogP contribution in [-0.2, 0) is 90.6 Å². The molecular weight excluding hydrogens is 765 g/mol. The zero-order valence-corrected chi connectivity index (χ0v) is 33.3. The van der Waals surface area contributed by atoms with Crippen LogP contribution in [-0.4, -0.2) is 92.0 Å². The zero-order chi connectivity index (χ0) is 40.4. The van der Waals surface area contributed by atoms with E-state index in [9.17, 15) is 0 Å². The minimum Gasteiger partial charge on any atom is -0.372 e. The highest BCUT2D eigenvalue weighted by molar-refractivity contribution is 5.17. The van der Waals surface area contributed by atoms with Crippen LogP contribution in [0.3, 0.4) is 0 Å². The number of benzene rings is 4. The van der Waals surface area contributed by atoms with Crippen molar-refractivity contribution in [1.82, 2.24) is 30.0 Å². The lowest BCUT2D eigenvalue weighted by Crippen LogP contribution is -2.40. The third kappa shape index (κ3) is 10.1. The van der Waals surface area contributed by atoms with E-state index < -0.39 is 48.8 Å². The summed E-state index contributed by atoms with van der Waals surface area (Å²) in [5.74, 6) is 0. The summed E-state index contributed by atoms with van der Waals surface area (Å²) in [6, 6.07) is 40.4. The van der Waals surface area contributed by atoms with Gasteiger partial charge in [0.1, 0.15) is 48.8 Å². The smallest absolute Gasteiger partial charge is 0.115 e. The first-order chi connectivity index (χ1) is 29.7. The van der Waals surface area contributed by atoms with E-state index in [1.54, 1.807) is 12.4 Å². The fourth-order valence-corrected chi connectivity index (χ4v) is 8.03. The van der Waals surface area contributed by atoms with Gasteiger partial charge in [-0.2, -0.15) is 0 Å². The minimum absolute atomic E-state index is 0.233. The average molecular weight is 815 g/mol. The number of hydrogen-bond acceptors (Lipinski definition) is 12. The molecular formula is C46H50N6O8. The van der Waals surface area contributed by atoms with Crippen molar-refractivity contribution in [2.45, 2.75) is 102 Å². The van der Waals surface area contributed by atoms with Crippen molar-refractivity contribution in [3.05, 3.63) is 167 Å². The van der Waals surface area contributed by atoms with E-state index in [2.05, 4.69) is 44.9 Å². The van der Waals surface area contributed by atoms with E-state index in [-0.39, 0.29) is 26.4 Å². The van der Waals surface area contributed by atoms with Gasteiger partial charge in [0.25, 0.3) is 0 Å². The van der Waals surface area contributed by atoms with Gasteiger partial charge in [-0.25, -0.2) is 9.36 Å². The zero-order valence-electron chi connectivity index (χ0n) is 33.3. The van der Waals surface area contributed by atoms with Crippen molar-refractivity contribution in [2.75, 3.05) is 13.2 Å². The summed E-state index contributed by atoms with van der Waals surface area (Å²) < 4.78 is 56.9. The van der Waals surface area contributed by atoms with Crippen LogP contribution in [0, 0.1) is 0 Å². The lowest BCUT2D eigenvalue weighted by atomic mass is 10.1. The van der Waals surface area contributed by atoms with Crippen molar-refractivity contribution >= 4 is 0 Å². The predicted molar refractivity (Wildman–Crippen MR) is 217 cm³/mol. The Kier molecular flexibility index (Phi) is 13.4. The van der Waals surface area contributed by atoms with E-state index in [0.717, 1.165) is 33.6 Å². The maximum atomic E-state index is 6.90. The third-order valence-corrected chi connectivity index (χ3v) is 11.1. The highest BCUT2D eigenvalue weighted by Crippen LogP contribution is 2.33. The van der Waals surface area contributed by atoms with Gasteiger partial charge in [0, 0.05) is 0 Å². The monoisotopic (exact) mass is 814 g/mol. The van der Waals surface area contributed by atoms with Crippen LogP contribution in [0.25, 0.3) is 0 Å². The Bertz CT molecular complexity index is 2030. The first-order valence-electron chi connectivity index (χ1n) is 20.6. The number of ether oxygens (including phenoxy) is 8. The molecule has 0 N–H and O–H groups in total. The Morgan fingerprint density at radius 3 is 1.10 bits per heavy atom. The molecule has 2 fully saturated rings. The number of nitrogens with zero attached hydrogens (tertiary/aromatic N) is 6. The van der Waals surface area contributed by atoms with Gasteiger partial charge in [-0.1, -0.05) is 132 Å². The number of aromatic nitrogens is 6. The molecule has 5 heterocycles. The summed E-state index contributed by atoms with van der Waals surface area (Å²) in [6.45, 7) is 3.19. The van der Waals surface area contributed by atoms with Crippen molar-refractivity contribution in [3.63, 3.8) is 0 Å². The molecule has 14 heteroatoms. The molecule has 60 heavy (non-hydrogen) atoms. The largest absolute Gasteiger partial charge is 0.372 e. The van der Waals surface area contributed by atoms with Crippen LogP contribution >= 0.6 is 0 Å². The Balaban J connectivity index is 0.994. The van der Waals surface area contributed by atoms with Gasteiger partial charge < -0.3 is 37.9 Å². The fourth-order valence-electron chi connectivity index (χ4n) is 8.03. The van der Waals surface area contributed by atoms with E-state index in [0.29, 0.717) is 39.5 Å². The normalized spacial score (nSPS) is 25.9. The quantitative estimate of drug-likeness (QED) is 0.155. The highest BCUT2D eigenvalue weighted by atomic mass is 16.6. The molecule has 312 valence electrons. The van der Waals surface area contributed by atoms with Gasteiger partial charge in [-0.05, 0) is 22.3 Å². The molecule has 0 unspecified atom stereocenters. The maximum absolute atomic E-state index is 6.90. The van der Waals surface area contributed by atoms with E-state index in [1.807, 2.05) is 106 Å². The molecule has 2 aromatic heterocycles. The van der Waals surface area contributed by atoms with Gasteiger partial charge >= 0.3 is 0 Å². The molecule has 9 rings (SSSR count). The van der Waals surface area contributed by atoms with E-state index >= 15 is 0 Å². The van der Waals surface area contributed by atoms with Crippen LogP contribution < -0.4 is 0 Å². The summed E-state index contributed by atoms with van der Waals surface area (Å²) in [7, 11) is 0.